The van der Waals surface area contributed by atoms with Crippen LogP contribution in [-0.2, 0) is 19.6 Å². The van der Waals surface area contributed by atoms with Crippen molar-refractivity contribution in [2.75, 3.05) is 32.7 Å². The molecule has 172 valence electrons. The topological polar surface area (TPSA) is 42.9 Å². The van der Waals surface area contributed by atoms with E-state index >= 15 is 0 Å². The van der Waals surface area contributed by atoms with Crippen LogP contribution in [0.2, 0.25) is 0 Å². The fourth-order valence-corrected chi connectivity index (χ4v) is 4.71. The Kier molecular flexibility index (Phi) is 8.57. The van der Waals surface area contributed by atoms with Gasteiger partial charge in [-0.1, -0.05) is 54.6 Å². The Hall–Kier alpha value is -2.37. The van der Waals surface area contributed by atoms with Crippen LogP contribution in [0.15, 0.2) is 59.6 Å². The second-order valence-corrected chi connectivity index (χ2v) is 9.18. The highest BCUT2D eigenvalue weighted by molar-refractivity contribution is 5.80. The zero-order valence-corrected chi connectivity index (χ0v) is 19.6. The van der Waals surface area contributed by atoms with Crippen molar-refractivity contribution in [3.63, 3.8) is 0 Å². The van der Waals surface area contributed by atoms with E-state index in [1.54, 1.807) is 0 Å². The molecule has 2 heterocycles. The number of hydrogen-bond acceptors (Lipinski definition) is 3. The minimum Gasteiger partial charge on any atom is -0.357 e. The molecule has 2 fully saturated rings. The van der Waals surface area contributed by atoms with E-state index in [2.05, 4.69) is 82.0 Å². The lowest BCUT2D eigenvalue weighted by Crippen LogP contribution is -2.48. The summed E-state index contributed by atoms with van der Waals surface area (Å²) >= 11 is 0. The van der Waals surface area contributed by atoms with Gasteiger partial charge in [-0.2, -0.15) is 0 Å². The van der Waals surface area contributed by atoms with E-state index in [4.69, 9.17) is 4.99 Å². The maximum atomic E-state index is 4.87. The molecule has 2 aliphatic rings. The van der Waals surface area contributed by atoms with Gasteiger partial charge in [0.15, 0.2) is 5.96 Å². The van der Waals surface area contributed by atoms with Crippen molar-refractivity contribution < 1.29 is 0 Å². The average molecular weight is 434 g/mol. The highest BCUT2D eigenvalue weighted by atomic mass is 15.2. The van der Waals surface area contributed by atoms with Crippen LogP contribution in [0.25, 0.3) is 0 Å². The molecule has 32 heavy (non-hydrogen) atoms. The number of likely N-dealkylation sites (tertiary alicyclic amines) is 2. The van der Waals surface area contributed by atoms with Gasteiger partial charge in [0.1, 0.15) is 0 Å². The summed E-state index contributed by atoms with van der Waals surface area (Å²) in [6.45, 7) is 10.6. The van der Waals surface area contributed by atoms with Crippen molar-refractivity contribution in [2.45, 2.75) is 58.3 Å². The molecule has 2 aliphatic heterocycles. The van der Waals surface area contributed by atoms with Crippen LogP contribution in [-0.4, -0.2) is 54.5 Å². The maximum absolute atomic E-state index is 4.87. The van der Waals surface area contributed by atoms with Gasteiger partial charge in [-0.15, -0.1) is 0 Å². The van der Waals surface area contributed by atoms with Gasteiger partial charge in [0.2, 0.25) is 0 Å². The summed E-state index contributed by atoms with van der Waals surface area (Å²) in [7, 11) is 0. The van der Waals surface area contributed by atoms with Gasteiger partial charge in [-0.05, 0) is 62.4 Å². The molecule has 0 aliphatic carbocycles. The monoisotopic (exact) mass is 433 g/mol. The van der Waals surface area contributed by atoms with Crippen LogP contribution in [0.1, 0.15) is 49.3 Å². The molecule has 0 saturated carbocycles. The standard InChI is InChI=1S/C27H39N5/c1-2-28-27(29-20-23-10-12-25(13-11-23)22-31-16-6-7-17-31)30-26-14-18-32(19-15-26)21-24-8-4-3-5-9-24/h3-5,8-13,26H,2,6-7,14-22H2,1H3,(H2,28,29,30). The Morgan fingerprint density at radius 2 is 1.41 bits per heavy atom. The largest absolute Gasteiger partial charge is 0.357 e. The molecular formula is C27H39N5. The first-order valence-corrected chi connectivity index (χ1v) is 12.4. The lowest BCUT2D eigenvalue weighted by atomic mass is 10.0. The highest BCUT2D eigenvalue weighted by Gasteiger charge is 2.20. The molecule has 2 N–H and O–H groups in total. The molecule has 0 amide bonds. The quantitative estimate of drug-likeness (QED) is 0.488. The molecule has 5 heteroatoms. The summed E-state index contributed by atoms with van der Waals surface area (Å²) in [6, 6.07) is 20.3. The van der Waals surface area contributed by atoms with Crippen LogP contribution in [0.4, 0.5) is 0 Å². The first-order chi connectivity index (χ1) is 15.8. The lowest BCUT2D eigenvalue weighted by Gasteiger charge is -2.33. The zero-order valence-electron chi connectivity index (χ0n) is 19.6. The Morgan fingerprint density at radius 1 is 0.812 bits per heavy atom. The van der Waals surface area contributed by atoms with Gasteiger partial charge >= 0.3 is 0 Å². The van der Waals surface area contributed by atoms with E-state index in [0.717, 1.165) is 51.5 Å². The van der Waals surface area contributed by atoms with Gasteiger partial charge in [0.25, 0.3) is 0 Å². The number of guanidine groups is 1. The van der Waals surface area contributed by atoms with E-state index in [1.165, 1.54) is 42.6 Å². The summed E-state index contributed by atoms with van der Waals surface area (Å²) < 4.78 is 0. The van der Waals surface area contributed by atoms with Gasteiger partial charge in [0.05, 0.1) is 6.54 Å². The number of nitrogens with zero attached hydrogens (tertiary/aromatic N) is 3. The Labute approximate surface area is 193 Å². The zero-order chi connectivity index (χ0) is 22.0. The fourth-order valence-electron chi connectivity index (χ4n) is 4.71. The van der Waals surface area contributed by atoms with Crippen LogP contribution < -0.4 is 10.6 Å². The first-order valence-electron chi connectivity index (χ1n) is 12.4. The first kappa shape index (κ1) is 22.8. The molecule has 2 aromatic rings. The minimum absolute atomic E-state index is 0.489. The lowest BCUT2D eigenvalue weighted by molar-refractivity contribution is 0.198. The minimum atomic E-state index is 0.489. The highest BCUT2D eigenvalue weighted by Crippen LogP contribution is 2.15. The summed E-state index contributed by atoms with van der Waals surface area (Å²) in [4.78, 5) is 9.97. The van der Waals surface area contributed by atoms with E-state index in [1.807, 2.05) is 0 Å². The number of benzene rings is 2. The molecule has 0 radical (unpaired) electrons. The molecule has 2 saturated heterocycles. The summed E-state index contributed by atoms with van der Waals surface area (Å²) in [5, 5.41) is 7.11. The van der Waals surface area contributed by atoms with Crippen LogP contribution >= 0.6 is 0 Å². The SMILES string of the molecule is CCNC(=NCc1ccc(CN2CCCC2)cc1)NC1CCN(Cc2ccccc2)CC1. The maximum Gasteiger partial charge on any atom is 0.191 e. The van der Waals surface area contributed by atoms with E-state index in [-0.39, 0.29) is 0 Å². The van der Waals surface area contributed by atoms with Crippen molar-refractivity contribution in [1.82, 2.24) is 20.4 Å². The van der Waals surface area contributed by atoms with Gasteiger partial charge in [-0.3, -0.25) is 9.80 Å². The number of rotatable bonds is 8. The normalized spacial score (nSPS) is 18.7. The van der Waals surface area contributed by atoms with Crippen molar-refractivity contribution >= 4 is 5.96 Å². The third kappa shape index (κ3) is 7.07. The average Bonchev–Trinajstić information content (AvgIpc) is 3.34. The van der Waals surface area contributed by atoms with Crippen LogP contribution in [0.5, 0.6) is 0 Å². The Morgan fingerprint density at radius 3 is 2.06 bits per heavy atom. The van der Waals surface area contributed by atoms with E-state index < -0.39 is 0 Å². The van der Waals surface area contributed by atoms with Crippen molar-refractivity contribution in [3.05, 3.63) is 71.3 Å². The van der Waals surface area contributed by atoms with E-state index in [0.29, 0.717) is 12.6 Å². The third-order valence-corrected chi connectivity index (χ3v) is 6.57. The summed E-state index contributed by atoms with van der Waals surface area (Å²) in [5.41, 5.74) is 4.08. The molecule has 0 bridgehead atoms. The van der Waals surface area contributed by atoms with Crippen molar-refractivity contribution in [2.24, 2.45) is 4.99 Å². The molecule has 0 spiro atoms. The predicted molar refractivity (Wildman–Crippen MR) is 134 cm³/mol. The molecule has 0 unspecified atom stereocenters. The predicted octanol–water partition coefficient (Wildman–Crippen LogP) is 4.00. The fraction of sp³-hybridized carbons (Fsp3) is 0.519. The van der Waals surface area contributed by atoms with Gasteiger partial charge in [0, 0.05) is 38.8 Å². The molecule has 5 nitrogen and oxygen atoms in total. The molecular weight excluding hydrogens is 394 g/mol. The number of hydrogen-bond donors (Lipinski definition) is 2. The Bertz CT molecular complexity index is 819. The molecule has 0 aromatic heterocycles. The molecule has 2 aromatic carbocycles. The molecule has 4 rings (SSSR count). The number of piperidine rings is 1. The van der Waals surface area contributed by atoms with Crippen LogP contribution in [0.3, 0.4) is 0 Å². The van der Waals surface area contributed by atoms with Crippen molar-refractivity contribution in [1.29, 1.82) is 0 Å². The number of aliphatic imine (C=N–C) groups is 1. The van der Waals surface area contributed by atoms with Gasteiger partial charge in [-0.25, -0.2) is 4.99 Å². The number of nitrogens with one attached hydrogen (secondary N) is 2. The molecule has 0 atom stereocenters. The second kappa shape index (κ2) is 12.0. The smallest absolute Gasteiger partial charge is 0.191 e. The second-order valence-electron chi connectivity index (χ2n) is 9.18. The van der Waals surface area contributed by atoms with Crippen LogP contribution in [0, 0.1) is 0 Å². The van der Waals surface area contributed by atoms with Crippen molar-refractivity contribution in [3.8, 4) is 0 Å². The van der Waals surface area contributed by atoms with Gasteiger partial charge < -0.3 is 10.6 Å². The summed E-state index contributed by atoms with van der Waals surface area (Å²) in [6.07, 6.45) is 5.00. The van der Waals surface area contributed by atoms with E-state index in [9.17, 15) is 0 Å². The summed E-state index contributed by atoms with van der Waals surface area (Å²) in [5.74, 6) is 0.940. The third-order valence-electron chi connectivity index (χ3n) is 6.57. The Balaban J connectivity index is 1.24.